The number of hydrogen-bond donors (Lipinski definition) is 2. The van der Waals surface area contributed by atoms with Crippen LogP contribution in [0.5, 0.6) is 0 Å². The number of alkyl halides is 1. The van der Waals surface area contributed by atoms with Crippen molar-refractivity contribution in [3.05, 3.63) is 0 Å². The van der Waals surface area contributed by atoms with Crippen LogP contribution in [0.4, 0.5) is 0 Å². The van der Waals surface area contributed by atoms with E-state index in [0.717, 1.165) is 0 Å². The third-order valence-electron chi connectivity index (χ3n) is 2.51. The number of piperidine rings is 1. The van der Waals surface area contributed by atoms with Crippen LogP contribution in [0.2, 0.25) is 0 Å². The second-order valence-electron chi connectivity index (χ2n) is 3.73. The van der Waals surface area contributed by atoms with E-state index in [9.17, 15) is 9.90 Å². The van der Waals surface area contributed by atoms with E-state index in [0.29, 0.717) is 38.4 Å². The van der Waals surface area contributed by atoms with Crippen LogP contribution in [0, 0.1) is 5.92 Å². The van der Waals surface area contributed by atoms with Crippen LogP contribution in [0.3, 0.4) is 0 Å². The Labute approximate surface area is 89.0 Å². The van der Waals surface area contributed by atoms with Crippen molar-refractivity contribution in [3.8, 4) is 0 Å². The molecular formula is C9H17ClN2O2. The molecule has 0 aromatic heterocycles. The Morgan fingerprint density at radius 2 is 2.29 bits per heavy atom. The SMILES string of the molecule is NCC1CC(O)CN(C(=O)CCCl)C1. The van der Waals surface area contributed by atoms with Gasteiger partial charge in [-0.3, -0.25) is 4.79 Å². The summed E-state index contributed by atoms with van der Waals surface area (Å²) in [5.74, 6) is 0.564. The zero-order chi connectivity index (χ0) is 10.6. The van der Waals surface area contributed by atoms with E-state index in [4.69, 9.17) is 17.3 Å². The number of carbonyl (C=O) groups excluding carboxylic acids is 1. The summed E-state index contributed by atoms with van der Waals surface area (Å²) in [5, 5.41) is 9.52. The highest BCUT2D eigenvalue weighted by Crippen LogP contribution is 2.16. The topological polar surface area (TPSA) is 66.6 Å². The van der Waals surface area contributed by atoms with Crippen molar-refractivity contribution in [2.45, 2.75) is 18.9 Å². The van der Waals surface area contributed by atoms with Crippen molar-refractivity contribution in [3.63, 3.8) is 0 Å². The Bertz CT molecular complexity index is 201. The van der Waals surface area contributed by atoms with Crippen LogP contribution in [0.1, 0.15) is 12.8 Å². The normalized spacial score (nSPS) is 27.8. The lowest BCUT2D eigenvalue weighted by atomic mass is 9.96. The molecule has 0 radical (unpaired) electrons. The van der Waals surface area contributed by atoms with Crippen molar-refractivity contribution < 1.29 is 9.90 Å². The Balaban J connectivity index is 2.48. The number of aliphatic hydroxyl groups excluding tert-OH is 1. The number of hydrogen-bond acceptors (Lipinski definition) is 3. The first-order chi connectivity index (χ1) is 6.67. The van der Waals surface area contributed by atoms with E-state index in [1.807, 2.05) is 0 Å². The minimum absolute atomic E-state index is 0.0113. The molecule has 5 heteroatoms. The van der Waals surface area contributed by atoms with Gasteiger partial charge in [-0.25, -0.2) is 0 Å². The third-order valence-corrected chi connectivity index (χ3v) is 2.70. The molecule has 82 valence electrons. The van der Waals surface area contributed by atoms with Gasteiger partial charge in [0.25, 0.3) is 0 Å². The molecule has 0 aromatic rings. The van der Waals surface area contributed by atoms with Gasteiger partial charge < -0.3 is 15.7 Å². The molecule has 1 saturated heterocycles. The van der Waals surface area contributed by atoms with E-state index in [1.165, 1.54) is 0 Å². The molecule has 0 bridgehead atoms. The molecule has 1 aliphatic rings. The highest BCUT2D eigenvalue weighted by atomic mass is 35.5. The van der Waals surface area contributed by atoms with Crippen molar-refractivity contribution in [1.29, 1.82) is 0 Å². The molecule has 1 heterocycles. The summed E-state index contributed by atoms with van der Waals surface area (Å²) >= 11 is 5.49. The van der Waals surface area contributed by atoms with Gasteiger partial charge in [0.15, 0.2) is 0 Å². The molecule has 0 saturated carbocycles. The summed E-state index contributed by atoms with van der Waals surface area (Å²) in [5.41, 5.74) is 5.53. The number of aliphatic hydroxyl groups is 1. The Morgan fingerprint density at radius 1 is 1.57 bits per heavy atom. The lowest BCUT2D eigenvalue weighted by Crippen LogP contribution is -2.48. The van der Waals surface area contributed by atoms with Gasteiger partial charge in [0.1, 0.15) is 0 Å². The second-order valence-corrected chi connectivity index (χ2v) is 4.11. The van der Waals surface area contributed by atoms with Crippen LogP contribution >= 0.6 is 11.6 Å². The van der Waals surface area contributed by atoms with E-state index >= 15 is 0 Å². The average Bonchev–Trinajstić information content (AvgIpc) is 2.17. The fourth-order valence-electron chi connectivity index (χ4n) is 1.79. The van der Waals surface area contributed by atoms with Crippen LogP contribution in [0.25, 0.3) is 0 Å². The molecule has 1 fully saturated rings. The number of nitrogens with zero attached hydrogens (tertiary/aromatic N) is 1. The number of amides is 1. The number of nitrogens with two attached hydrogens (primary N) is 1. The smallest absolute Gasteiger partial charge is 0.223 e. The van der Waals surface area contributed by atoms with Gasteiger partial charge in [0, 0.05) is 25.4 Å². The van der Waals surface area contributed by atoms with Gasteiger partial charge in [-0.05, 0) is 18.9 Å². The van der Waals surface area contributed by atoms with Crippen molar-refractivity contribution >= 4 is 17.5 Å². The zero-order valence-electron chi connectivity index (χ0n) is 8.16. The maximum Gasteiger partial charge on any atom is 0.223 e. The molecule has 1 aliphatic heterocycles. The number of halogens is 1. The second kappa shape index (κ2) is 5.53. The summed E-state index contributed by atoms with van der Waals surface area (Å²) in [6.07, 6.45) is 0.601. The Morgan fingerprint density at radius 3 is 2.86 bits per heavy atom. The van der Waals surface area contributed by atoms with Crippen LogP contribution in [0.15, 0.2) is 0 Å². The molecule has 2 unspecified atom stereocenters. The van der Waals surface area contributed by atoms with Gasteiger partial charge >= 0.3 is 0 Å². The Kier molecular flexibility index (Phi) is 4.65. The average molecular weight is 221 g/mol. The molecule has 14 heavy (non-hydrogen) atoms. The molecule has 0 aliphatic carbocycles. The summed E-state index contributed by atoms with van der Waals surface area (Å²) in [6.45, 7) is 1.59. The quantitative estimate of drug-likeness (QED) is 0.647. The first kappa shape index (κ1) is 11.8. The summed E-state index contributed by atoms with van der Waals surface area (Å²) < 4.78 is 0. The lowest BCUT2D eigenvalue weighted by Gasteiger charge is -2.35. The van der Waals surface area contributed by atoms with Gasteiger partial charge in [-0.15, -0.1) is 11.6 Å². The molecule has 1 amide bonds. The molecule has 2 atom stereocenters. The Hall–Kier alpha value is -0.320. The third kappa shape index (κ3) is 3.12. The number of carbonyl (C=O) groups is 1. The van der Waals surface area contributed by atoms with Gasteiger partial charge in [-0.1, -0.05) is 0 Å². The summed E-state index contributed by atoms with van der Waals surface area (Å²) in [4.78, 5) is 13.2. The van der Waals surface area contributed by atoms with Crippen LogP contribution < -0.4 is 5.73 Å². The largest absolute Gasteiger partial charge is 0.391 e. The molecule has 0 aromatic carbocycles. The molecule has 0 spiro atoms. The molecular weight excluding hydrogens is 204 g/mol. The minimum Gasteiger partial charge on any atom is -0.391 e. The van der Waals surface area contributed by atoms with E-state index in [-0.39, 0.29) is 11.8 Å². The van der Waals surface area contributed by atoms with E-state index in [2.05, 4.69) is 0 Å². The van der Waals surface area contributed by atoms with Gasteiger partial charge in [-0.2, -0.15) is 0 Å². The standard InChI is InChI=1S/C9H17ClN2O2/c10-2-1-9(14)12-5-7(4-11)3-8(13)6-12/h7-8,13H,1-6,11H2. The predicted octanol–water partition coefficient (Wildman–Crippen LogP) is -0.217. The predicted molar refractivity (Wildman–Crippen MR) is 55.1 cm³/mol. The van der Waals surface area contributed by atoms with Crippen molar-refractivity contribution in [2.24, 2.45) is 11.7 Å². The number of likely N-dealkylation sites (tertiary alicyclic amines) is 1. The number of rotatable bonds is 3. The first-order valence-corrected chi connectivity index (χ1v) is 5.42. The maximum absolute atomic E-state index is 11.5. The monoisotopic (exact) mass is 220 g/mol. The summed E-state index contributed by atoms with van der Waals surface area (Å²) in [6, 6.07) is 0. The van der Waals surface area contributed by atoms with Crippen LogP contribution in [-0.4, -0.2) is 47.5 Å². The van der Waals surface area contributed by atoms with Crippen LogP contribution in [-0.2, 0) is 4.79 Å². The minimum atomic E-state index is -0.434. The molecule has 4 nitrogen and oxygen atoms in total. The first-order valence-electron chi connectivity index (χ1n) is 4.89. The summed E-state index contributed by atoms with van der Waals surface area (Å²) in [7, 11) is 0. The molecule has 1 rings (SSSR count). The highest BCUT2D eigenvalue weighted by Gasteiger charge is 2.27. The van der Waals surface area contributed by atoms with Gasteiger partial charge in [0.05, 0.1) is 6.10 Å². The fraction of sp³-hybridized carbons (Fsp3) is 0.889. The zero-order valence-corrected chi connectivity index (χ0v) is 8.91. The van der Waals surface area contributed by atoms with Gasteiger partial charge in [0.2, 0.25) is 5.91 Å². The maximum atomic E-state index is 11.5. The van der Waals surface area contributed by atoms with E-state index < -0.39 is 6.10 Å². The fourth-order valence-corrected chi connectivity index (χ4v) is 1.95. The van der Waals surface area contributed by atoms with Crippen molar-refractivity contribution in [1.82, 2.24) is 4.90 Å². The lowest BCUT2D eigenvalue weighted by molar-refractivity contribution is -0.135. The number of β-amino-alcohol motifs (C(OH)–C–C–N with tert-alkyl or cyclic N) is 1. The molecule has 3 N–H and O–H groups in total. The van der Waals surface area contributed by atoms with E-state index in [1.54, 1.807) is 4.90 Å². The highest BCUT2D eigenvalue weighted by molar-refractivity contribution is 6.18. The van der Waals surface area contributed by atoms with Crippen molar-refractivity contribution in [2.75, 3.05) is 25.5 Å².